The van der Waals surface area contributed by atoms with Gasteiger partial charge in [0, 0.05) is 37.8 Å². The molecule has 0 spiro atoms. The van der Waals surface area contributed by atoms with Gasteiger partial charge in [0.1, 0.15) is 6.29 Å². The Morgan fingerprint density at radius 2 is 1.41 bits per heavy atom. The largest absolute Gasteiger partial charge is 0.481 e. The van der Waals surface area contributed by atoms with Crippen LogP contribution in [0.3, 0.4) is 0 Å². The van der Waals surface area contributed by atoms with Crippen LogP contribution in [0.4, 0.5) is 0 Å². The number of ether oxygens (including phenoxy) is 1. The van der Waals surface area contributed by atoms with Crippen LogP contribution in [-0.4, -0.2) is 41.7 Å². The summed E-state index contributed by atoms with van der Waals surface area (Å²) in [6.45, 7) is 8.11. The fourth-order valence-electron chi connectivity index (χ4n) is 0.203. The van der Waals surface area contributed by atoms with E-state index in [2.05, 4.69) is 4.74 Å². The summed E-state index contributed by atoms with van der Waals surface area (Å²) in [5.74, 6) is -1.04. The van der Waals surface area contributed by atoms with Gasteiger partial charge >= 0.3 is 5.97 Å². The van der Waals surface area contributed by atoms with E-state index in [9.17, 15) is 4.79 Å². The van der Waals surface area contributed by atoms with Gasteiger partial charge in [0.15, 0.2) is 0 Å². The standard InChI is InChI=1S/C4H8O2.C2H4O2.C2H6O.C2H4O.Cr/c1-3-6-4(2)5;1-2(3)4;2*1-2-3;/h3H2,1-2H3;1H3,(H,3,4);3H,2H2,1H3;2H,1H3;. The molecule has 0 unspecified atom stereocenters. The second-order valence-electron chi connectivity index (χ2n) is 2.00. The van der Waals surface area contributed by atoms with Crippen LogP contribution in [0.5, 0.6) is 0 Å². The maximum atomic E-state index is 9.82. The molecule has 104 valence electrons. The molecular weight excluding hydrogens is 268 g/mol. The number of rotatable bonds is 1. The molecule has 7 heteroatoms. The molecule has 6 nitrogen and oxygen atoms in total. The van der Waals surface area contributed by atoms with Gasteiger partial charge < -0.3 is 19.7 Å². The number of carbonyl (C=O) groups excluding carboxylic acids is 2. The van der Waals surface area contributed by atoms with E-state index in [4.69, 9.17) is 19.8 Å². The fraction of sp³-hybridized carbons (Fsp3) is 0.700. The number of carbonyl (C=O) groups is 3. The summed E-state index contributed by atoms with van der Waals surface area (Å²) >= 11 is 0. The van der Waals surface area contributed by atoms with Gasteiger partial charge in [-0.15, -0.1) is 0 Å². The molecule has 0 saturated carbocycles. The minimum absolute atomic E-state index is 0. The maximum Gasteiger partial charge on any atom is 0.302 e. The zero-order chi connectivity index (χ0) is 14.0. The molecule has 0 heterocycles. The molecule has 0 aromatic rings. The number of aliphatic carboxylic acids is 1. The van der Waals surface area contributed by atoms with E-state index in [0.29, 0.717) is 6.61 Å². The van der Waals surface area contributed by atoms with Gasteiger partial charge in [0.2, 0.25) is 0 Å². The van der Waals surface area contributed by atoms with Crippen molar-refractivity contribution in [3.8, 4) is 0 Å². The van der Waals surface area contributed by atoms with Gasteiger partial charge in [0.05, 0.1) is 6.61 Å². The third-order valence-corrected chi connectivity index (χ3v) is 0.348. The quantitative estimate of drug-likeness (QED) is 0.548. The normalized spacial score (nSPS) is 6.00. The zero-order valence-electron chi connectivity index (χ0n) is 10.9. The van der Waals surface area contributed by atoms with E-state index in [1.54, 1.807) is 13.8 Å². The van der Waals surface area contributed by atoms with E-state index >= 15 is 0 Å². The topological polar surface area (TPSA) is 101 Å². The van der Waals surface area contributed by atoms with Gasteiger partial charge in [-0.1, -0.05) is 0 Å². The molecular formula is C10H22CrO6. The predicted octanol–water partition coefficient (Wildman–Crippen LogP) is 0.862. The number of aliphatic hydroxyl groups excluding tert-OH is 1. The molecule has 17 heavy (non-hydrogen) atoms. The van der Waals surface area contributed by atoms with E-state index in [1.165, 1.54) is 13.8 Å². The number of hydrogen-bond acceptors (Lipinski definition) is 5. The summed E-state index contributed by atoms with van der Waals surface area (Å²) in [5.41, 5.74) is 0. The smallest absolute Gasteiger partial charge is 0.302 e. The first kappa shape index (κ1) is 29.8. The van der Waals surface area contributed by atoms with Gasteiger partial charge in [-0.3, -0.25) is 9.59 Å². The van der Waals surface area contributed by atoms with Crippen molar-refractivity contribution in [1.29, 1.82) is 0 Å². The Balaban J connectivity index is -0.0000000388. The van der Waals surface area contributed by atoms with Gasteiger partial charge in [-0.2, -0.15) is 0 Å². The summed E-state index contributed by atoms with van der Waals surface area (Å²) in [5, 5.41) is 15.0. The van der Waals surface area contributed by atoms with Gasteiger partial charge in [-0.25, -0.2) is 0 Å². The van der Waals surface area contributed by atoms with Crippen molar-refractivity contribution < 1.29 is 46.7 Å². The van der Waals surface area contributed by atoms with Crippen molar-refractivity contribution in [1.82, 2.24) is 0 Å². The van der Waals surface area contributed by atoms with Crippen LogP contribution in [0.15, 0.2) is 0 Å². The zero-order valence-corrected chi connectivity index (χ0v) is 12.2. The predicted molar refractivity (Wildman–Crippen MR) is 60.1 cm³/mol. The molecule has 0 aromatic carbocycles. The molecule has 0 aliphatic heterocycles. The maximum absolute atomic E-state index is 9.82. The SMILES string of the molecule is CC(=O)O.CC=O.CCO.CCOC(C)=O.[Cr]. The number of aldehydes is 1. The number of esters is 1. The average molecular weight is 290 g/mol. The van der Waals surface area contributed by atoms with Crippen molar-refractivity contribution in [3.63, 3.8) is 0 Å². The number of carboxylic acid groups (broad SMARTS) is 1. The summed E-state index contributed by atoms with van der Waals surface area (Å²) in [6.07, 6.45) is 0.750. The summed E-state index contributed by atoms with van der Waals surface area (Å²) in [4.78, 5) is 27.6. The molecule has 0 amide bonds. The van der Waals surface area contributed by atoms with Crippen molar-refractivity contribution in [2.45, 2.75) is 34.6 Å². The van der Waals surface area contributed by atoms with Gasteiger partial charge in [0.25, 0.3) is 5.97 Å². The minimum Gasteiger partial charge on any atom is -0.481 e. The molecule has 0 atom stereocenters. The van der Waals surface area contributed by atoms with Crippen LogP contribution in [-0.2, 0) is 36.5 Å². The second-order valence-corrected chi connectivity index (χ2v) is 2.00. The van der Waals surface area contributed by atoms with Crippen LogP contribution in [0, 0.1) is 0 Å². The third-order valence-electron chi connectivity index (χ3n) is 0.348. The van der Waals surface area contributed by atoms with E-state index in [0.717, 1.165) is 13.2 Å². The molecule has 0 aliphatic rings. The minimum atomic E-state index is -0.833. The molecule has 0 bridgehead atoms. The molecule has 0 rings (SSSR count). The number of aliphatic hydroxyl groups is 1. The Bertz CT molecular complexity index is 157. The van der Waals surface area contributed by atoms with E-state index < -0.39 is 5.97 Å². The van der Waals surface area contributed by atoms with Crippen molar-refractivity contribution in [3.05, 3.63) is 0 Å². The molecule has 0 aliphatic carbocycles. The number of carboxylic acids is 1. The first-order chi connectivity index (χ1) is 7.33. The average Bonchev–Trinajstić information content (AvgIpc) is 2.04. The van der Waals surface area contributed by atoms with Crippen LogP contribution in [0.25, 0.3) is 0 Å². The Morgan fingerprint density at radius 3 is 1.41 bits per heavy atom. The molecule has 2 N–H and O–H groups in total. The molecule has 0 aromatic heterocycles. The molecule has 0 radical (unpaired) electrons. The Kier molecular flexibility index (Phi) is 63.5. The Hall–Kier alpha value is -0.898. The van der Waals surface area contributed by atoms with Crippen molar-refractivity contribution in [2.75, 3.05) is 13.2 Å². The second kappa shape index (κ2) is 36.3. The molecule has 0 saturated heterocycles. The van der Waals surface area contributed by atoms with Crippen molar-refractivity contribution >= 4 is 18.2 Å². The summed E-state index contributed by atoms with van der Waals surface area (Å²) < 4.78 is 4.40. The Labute approximate surface area is 113 Å². The van der Waals surface area contributed by atoms with E-state index in [-0.39, 0.29) is 29.9 Å². The summed E-state index contributed by atoms with van der Waals surface area (Å²) in [6, 6.07) is 0. The monoisotopic (exact) mass is 290 g/mol. The van der Waals surface area contributed by atoms with Crippen molar-refractivity contribution in [2.24, 2.45) is 0 Å². The van der Waals surface area contributed by atoms with Crippen LogP contribution in [0.2, 0.25) is 0 Å². The van der Waals surface area contributed by atoms with Gasteiger partial charge in [-0.05, 0) is 20.8 Å². The Morgan fingerprint density at radius 1 is 1.24 bits per heavy atom. The first-order valence-electron chi connectivity index (χ1n) is 4.67. The summed E-state index contributed by atoms with van der Waals surface area (Å²) in [7, 11) is 0. The number of hydrogen-bond donors (Lipinski definition) is 2. The van der Waals surface area contributed by atoms with Crippen LogP contribution in [0.1, 0.15) is 34.6 Å². The molecule has 0 fully saturated rings. The first-order valence-corrected chi connectivity index (χ1v) is 4.67. The van der Waals surface area contributed by atoms with Crippen LogP contribution < -0.4 is 0 Å². The fourth-order valence-corrected chi connectivity index (χ4v) is 0.203. The van der Waals surface area contributed by atoms with Crippen LogP contribution >= 0.6 is 0 Å². The van der Waals surface area contributed by atoms with E-state index in [1.807, 2.05) is 0 Å². The third kappa shape index (κ3) is 587.